The number of carbonyl (C=O) groups excluding carboxylic acids is 1. The maximum atomic E-state index is 12.3. The van der Waals surface area contributed by atoms with Crippen LogP contribution in [-0.4, -0.2) is 25.7 Å². The normalized spacial score (nSPS) is 20.8. The van der Waals surface area contributed by atoms with Gasteiger partial charge in [-0.15, -0.1) is 0 Å². The fourth-order valence-electron chi connectivity index (χ4n) is 3.31. The van der Waals surface area contributed by atoms with Gasteiger partial charge in [0.2, 0.25) is 5.91 Å². The van der Waals surface area contributed by atoms with E-state index in [4.69, 9.17) is 21.1 Å². The van der Waals surface area contributed by atoms with Gasteiger partial charge in [-0.05, 0) is 48.1 Å². The largest absolute Gasteiger partial charge is 0.486 e. The summed E-state index contributed by atoms with van der Waals surface area (Å²) >= 11 is 6.22. The highest BCUT2D eigenvalue weighted by Gasteiger charge is 2.44. The van der Waals surface area contributed by atoms with Crippen LogP contribution < -0.4 is 14.8 Å². The van der Waals surface area contributed by atoms with Crippen molar-refractivity contribution in [3.63, 3.8) is 0 Å². The summed E-state index contributed by atoms with van der Waals surface area (Å²) in [5.41, 5.74) is 2.21. The van der Waals surface area contributed by atoms with E-state index < -0.39 is 0 Å². The molecule has 1 fully saturated rings. The first-order valence-corrected chi connectivity index (χ1v) is 9.01. The number of ether oxygens (including phenoxy) is 2. The molecule has 4 nitrogen and oxygen atoms in total. The molecular weight excluding hydrogens is 338 g/mol. The van der Waals surface area contributed by atoms with E-state index in [1.54, 1.807) is 0 Å². The summed E-state index contributed by atoms with van der Waals surface area (Å²) in [6, 6.07) is 13.7. The van der Waals surface area contributed by atoms with Gasteiger partial charge in [-0.3, -0.25) is 4.79 Å². The standard InChI is InChI=1S/C20H20ClNO3/c21-17-4-2-1-3-14(17)15-12-16(15)20(23)22-8-7-13-5-6-18-19(11-13)25-10-9-24-18/h1-6,11,15-16H,7-10,12H2,(H,22,23). The summed E-state index contributed by atoms with van der Waals surface area (Å²) in [6.45, 7) is 1.79. The number of amides is 1. The molecule has 1 saturated carbocycles. The maximum Gasteiger partial charge on any atom is 0.223 e. The van der Waals surface area contributed by atoms with E-state index >= 15 is 0 Å². The molecule has 25 heavy (non-hydrogen) atoms. The molecule has 0 spiro atoms. The first-order valence-electron chi connectivity index (χ1n) is 8.63. The fourth-order valence-corrected chi connectivity index (χ4v) is 3.58. The summed E-state index contributed by atoms with van der Waals surface area (Å²) < 4.78 is 11.1. The Balaban J connectivity index is 1.28. The van der Waals surface area contributed by atoms with Crippen LogP contribution in [0.2, 0.25) is 5.02 Å². The third-order valence-corrected chi connectivity index (χ3v) is 5.10. The number of benzene rings is 2. The van der Waals surface area contributed by atoms with Gasteiger partial charge >= 0.3 is 0 Å². The predicted molar refractivity (Wildman–Crippen MR) is 96.4 cm³/mol. The molecule has 0 radical (unpaired) electrons. The lowest BCUT2D eigenvalue weighted by atomic mass is 10.1. The highest BCUT2D eigenvalue weighted by atomic mass is 35.5. The van der Waals surface area contributed by atoms with Crippen LogP contribution in [0.5, 0.6) is 11.5 Å². The Morgan fingerprint density at radius 2 is 1.92 bits per heavy atom. The summed E-state index contributed by atoms with van der Waals surface area (Å²) in [7, 11) is 0. The van der Waals surface area contributed by atoms with Gasteiger partial charge in [0.15, 0.2) is 11.5 Å². The lowest BCUT2D eigenvalue weighted by Crippen LogP contribution is -2.27. The van der Waals surface area contributed by atoms with Crippen molar-refractivity contribution in [1.82, 2.24) is 5.32 Å². The third kappa shape index (κ3) is 3.59. The Kier molecular flexibility index (Phi) is 4.53. The van der Waals surface area contributed by atoms with Crippen molar-refractivity contribution < 1.29 is 14.3 Å². The number of rotatable bonds is 5. The van der Waals surface area contributed by atoms with Gasteiger partial charge in [0.05, 0.1) is 0 Å². The molecule has 0 saturated heterocycles. The lowest BCUT2D eigenvalue weighted by Gasteiger charge is -2.18. The van der Waals surface area contributed by atoms with Crippen LogP contribution >= 0.6 is 11.6 Å². The second-order valence-electron chi connectivity index (χ2n) is 6.49. The van der Waals surface area contributed by atoms with E-state index in [1.165, 1.54) is 0 Å². The van der Waals surface area contributed by atoms with E-state index in [-0.39, 0.29) is 17.7 Å². The Bertz CT molecular complexity index is 792. The molecule has 2 atom stereocenters. The first-order chi connectivity index (χ1) is 12.2. The van der Waals surface area contributed by atoms with E-state index in [1.807, 2.05) is 42.5 Å². The zero-order valence-electron chi connectivity index (χ0n) is 13.8. The van der Waals surface area contributed by atoms with E-state index in [0.717, 1.165) is 40.5 Å². The molecule has 1 amide bonds. The van der Waals surface area contributed by atoms with Crippen LogP contribution in [0.3, 0.4) is 0 Å². The Morgan fingerprint density at radius 3 is 2.76 bits per heavy atom. The van der Waals surface area contributed by atoms with Crippen molar-refractivity contribution in [1.29, 1.82) is 0 Å². The minimum absolute atomic E-state index is 0.0418. The molecule has 0 aromatic heterocycles. The lowest BCUT2D eigenvalue weighted by molar-refractivity contribution is -0.122. The number of fused-ring (bicyclic) bond motifs is 1. The zero-order chi connectivity index (χ0) is 17.2. The van der Waals surface area contributed by atoms with Crippen LogP contribution in [0.1, 0.15) is 23.5 Å². The SMILES string of the molecule is O=C(NCCc1ccc2c(c1)OCCO2)C1CC1c1ccccc1Cl. The molecule has 1 aliphatic heterocycles. The molecule has 2 aromatic carbocycles. The number of halogens is 1. The van der Waals surface area contributed by atoms with Crippen molar-refractivity contribution >= 4 is 17.5 Å². The molecule has 1 heterocycles. The number of hydrogen-bond acceptors (Lipinski definition) is 3. The molecule has 2 aromatic rings. The van der Waals surface area contributed by atoms with E-state index in [2.05, 4.69) is 5.32 Å². The van der Waals surface area contributed by atoms with Crippen LogP contribution in [0, 0.1) is 5.92 Å². The Labute approximate surface area is 152 Å². The minimum Gasteiger partial charge on any atom is -0.486 e. The number of hydrogen-bond donors (Lipinski definition) is 1. The number of carbonyl (C=O) groups is 1. The van der Waals surface area contributed by atoms with Gasteiger partial charge in [-0.1, -0.05) is 35.9 Å². The highest BCUT2D eigenvalue weighted by Crippen LogP contribution is 2.49. The average Bonchev–Trinajstić information content (AvgIpc) is 3.42. The molecule has 4 rings (SSSR count). The minimum atomic E-state index is 0.0418. The molecule has 1 aliphatic carbocycles. The summed E-state index contributed by atoms with van der Waals surface area (Å²) in [6.07, 6.45) is 1.64. The number of nitrogens with one attached hydrogen (secondary N) is 1. The summed E-state index contributed by atoms with van der Waals surface area (Å²) in [5, 5.41) is 3.79. The predicted octanol–water partition coefficient (Wildman–Crippen LogP) is 3.57. The molecule has 0 bridgehead atoms. The zero-order valence-corrected chi connectivity index (χ0v) is 14.6. The molecule has 5 heteroatoms. The fraction of sp³-hybridized carbons (Fsp3) is 0.350. The quantitative estimate of drug-likeness (QED) is 0.889. The van der Waals surface area contributed by atoms with Gasteiger partial charge in [0.1, 0.15) is 13.2 Å². The monoisotopic (exact) mass is 357 g/mol. The molecular formula is C20H20ClNO3. The maximum absolute atomic E-state index is 12.3. The summed E-state index contributed by atoms with van der Waals surface area (Å²) in [5.74, 6) is 1.99. The van der Waals surface area contributed by atoms with Crippen LogP contribution in [0.25, 0.3) is 0 Å². The van der Waals surface area contributed by atoms with E-state index in [0.29, 0.717) is 19.8 Å². The van der Waals surface area contributed by atoms with Gasteiger partial charge in [0, 0.05) is 17.5 Å². The average molecular weight is 358 g/mol. The molecule has 1 N–H and O–H groups in total. The topological polar surface area (TPSA) is 47.6 Å². The van der Waals surface area contributed by atoms with Crippen molar-refractivity contribution in [2.75, 3.05) is 19.8 Å². The van der Waals surface area contributed by atoms with Crippen molar-refractivity contribution in [2.45, 2.75) is 18.8 Å². The van der Waals surface area contributed by atoms with Crippen molar-refractivity contribution in [2.24, 2.45) is 5.92 Å². The molecule has 130 valence electrons. The second kappa shape index (κ2) is 6.96. The molecule has 2 aliphatic rings. The van der Waals surface area contributed by atoms with Crippen molar-refractivity contribution in [3.8, 4) is 11.5 Å². The highest BCUT2D eigenvalue weighted by molar-refractivity contribution is 6.31. The first kappa shape index (κ1) is 16.3. The Morgan fingerprint density at radius 1 is 1.12 bits per heavy atom. The van der Waals surface area contributed by atoms with Gasteiger partial charge in [-0.2, -0.15) is 0 Å². The van der Waals surface area contributed by atoms with Crippen LogP contribution in [-0.2, 0) is 11.2 Å². The molecule has 2 unspecified atom stereocenters. The van der Waals surface area contributed by atoms with Gasteiger partial charge < -0.3 is 14.8 Å². The van der Waals surface area contributed by atoms with Crippen molar-refractivity contribution in [3.05, 3.63) is 58.6 Å². The van der Waals surface area contributed by atoms with E-state index in [9.17, 15) is 4.79 Å². The third-order valence-electron chi connectivity index (χ3n) is 4.75. The Hall–Kier alpha value is -2.20. The smallest absolute Gasteiger partial charge is 0.223 e. The van der Waals surface area contributed by atoms with Gasteiger partial charge in [0.25, 0.3) is 0 Å². The van der Waals surface area contributed by atoms with Crippen LogP contribution in [0.4, 0.5) is 0 Å². The summed E-state index contributed by atoms with van der Waals surface area (Å²) in [4.78, 5) is 12.3. The second-order valence-corrected chi connectivity index (χ2v) is 6.90. The van der Waals surface area contributed by atoms with Gasteiger partial charge in [-0.25, -0.2) is 0 Å². The van der Waals surface area contributed by atoms with Crippen LogP contribution in [0.15, 0.2) is 42.5 Å².